The van der Waals surface area contributed by atoms with Crippen LogP contribution in [-0.4, -0.2) is 44.8 Å². The smallest absolute Gasteiger partial charge is 0.279 e. The number of nitrogens with one attached hydrogen (secondary N) is 2. The van der Waals surface area contributed by atoms with Crippen LogP contribution in [0, 0.1) is 0 Å². The van der Waals surface area contributed by atoms with Crippen molar-refractivity contribution in [1.29, 1.82) is 0 Å². The Morgan fingerprint density at radius 3 is 2.47 bits per heavy atom. The molecular formula is C21H24N2O7. The fourth-order valence-corrected chi connectivity index (χ4v) is 2.74. The van der Waals surface area contributed by atoms with E-state index in [0.717, 1.165) is 0 Å². The van der Waals surface area contributed by atoms with Gasteiger partial charge in [0.15, 0.2) is 17.6 Å². The zero-order valence-corrected chi connectivity index (χ0v) is 17.0. The molecule has 0 saturated carbocycles. The SMILES string of the molecule is CCOc1ccc(O[C@@H](C)C(=O)NNC(=O)c2cc(OC)c3c(c2)OCCO3)cc1. The molecule has 1 heterocycles. The zero-order chi connectivity index (χ0) is 21.5. The lowest BCUT2D eigenvalue weighted by Gasteiger charge is -2.21. The van der Waals surface area contributed by atoms with Gasteiger partial charge in [0, 0.05) is 5.56 Å². The maximum absolute atomic E-state index is 12.5. The van der Waals surface area contributed by atoms with Crippen LogP contribution in [0.3, 0.4) is 0 Å². The highest BCUT2D eigenvalue weighted by Gasteiger charge is 2.22. The molecule has 9 heteroatoms. The van der Waals surface area contributed by atoms with E-state index in [1.54, 1.807) is 31.2 Å². The van der Waals surface area contributed by atoms with E-state index in [2.05, 4.69) is 10.9 Å². The summed E-state index contributed by atoms with van der Waals surface area (Å²) in [6.07, 6.45) is -0.835. The second-order valence-corrected chi connectivity index (χ2v) is 6.31. The molecule has 30 heavy (non-hydrogen) atoms. The van der Waals surface area contributed by atoms with Crippen LogP contribution in [0.25, 0.3) is 0 Å². The third-order valence-corrected chi connectivity index (χ3v) is 4.21. The summed E-state index contributed by atoms with van der Waals surface area (Å²) in [7, 11) is 1.47. The number of benzene rings is 2. The highest BCUT2D eigenvalue weighted by Crippen LogP contribution is 2.40. The molecule has 1 atom stereocenters. The van der Waals surface area contributed by atoms with Crippen molar-refractivity contribution in [1.82, 2.24) is 10.9 Å². The molecule has 3 rings (SSSR count). The Morgan fingerprint density at radius 1 is 1.07 bits per heavy atom. The van der Waals surface area contributed by atoms with E-state index in [4.69, 9.17) is 23.7 Å². The van der Waals surface area contributed by atoms with Crippen molar-refractivity contribution in [3.63, 3.8) is 0 Å². The Morgan fingerprint density at radius 2 is 1.77 bits per heavy atom. The average Bonchev–Trinajstić information content (AvgIpc) is 2.77. The van der Waals surface area contributed by atoms with Crippen molar-refractivity contribution >= 4 is 11.8 Å². The van der Waals surface area contributed by atoms with Crippen LogP contribution in [0.15, 0.2) is 36.4 Å². The summed E-state index contributed by atoms with van der Waals surface area (Å²) in [5.41, 5.74) is 4.95. The molecule has 0 spiro atoms. The van der Waals surface area contributed by atoms with Gasteiger partial charge in [0.1, 0.15) is 24.7 Å². The molecule has 0 fully saturated rings. The molecule has 1 aliphatic rings. The molecule has 0 radical (unpaired) electrons. The summed E-state index contributed by atoms with van der Waals surface area (Å²) in [5.74, 6) is 1.39. The summed E-state index contributed by atoms with van der Waals surface area (Å²) >= 11 is 0. The van der Waals surface area contributed by atoms with Gasteiger partial charge < -0.3 is 23.7 Å². The molecule has 2 amide bonds. The van der Waals surface area contributed by atoms with Crippen LogP contribution in [0.1, 0.15) is 24.2 Å². The molecule has 2 N–H and O–H groups in total. The van der Waals surface area contributed by atoms with Crippen molar-refractivity contribution in [2.45, 2.75) is 20.0 Å². The monoisotopic (exact) mass is 416 g/mol. The first-order chi connectivity index (χ1) is 14.5. The van der Waals surface area contributed by atoms with Gasteiger partial charge >= 0.3 is 0 Å². The highest BCUT2D eigenvalue weighted by atomic mass is 16.6. The number of rotatable bonds is 7. The van der Waals surface area contributed by atoms with Crippen LogP contribution in [0.2, 0.25) is 0 Å². The highest BCUT2D eigenvalue weighted by molar-refractivity contribution is 5.97. The number of hydrogen-bond acceptors (Lipinski definition) is 7. The lowest BCUT2D eigenvalue weighted by molar-refractivity contribution is -0.128. The van der Waals surface area contributed by atoms with Gasteiger partial charge in [-0.15, -0.1) is 0 Å². The third-order valence-electron chi connectivity index (χ3n) is 4.21. The molecule has 0 aliphatic carbocycles. The summed E-state index contributed by atoms with van der Waals surface area (Å²) in [6, 6.07) is 9.94. The minimum atomic E-state index is -0.835. The molecule has 160 valence electrons. The molecule has 0 bridgehead atoms. The number of carbonyl (C=O) groups excluding carboxylic acids is 2. The van der Waals surface area contributed by atoms with Crippen LogP contribution in [0.4, 0.5) is 0 Å². The zero-order valence-electron chi connectivity index (χ0n) is 17.0. The Kier molecular flexibility index (Phi) is 6.84. The molecule has 0 saturated heterocycles. The second kappa shape index (κ2) is 9.73. The standard InChI is InChI=1S/C21H24N2O7/c1-4-27-15-5-7-16(8-6-15)30-13(2)20(24)22-23-21(25)14-11-17(26-3)19-18(12-14)28-9-10-29-19/h5-8,11-13H,4,9-10H2,1-3H3,(H,22,24)(H,23,25)/t13-/m0/s1. The van der Waals surface area contributed by atoms with Crippen molar-refractivity contribution < 1.29 is 33.3 Å². The van der Waals surface area contributed by atoms with Gasteiger partial charge in [-0.05, 0) is 50.2 Å². The number of methoxy groups -OCH3 is 1. The van der Waals surface area contributed by atoms with Crippen molar-refractivity contribution in [2.24, 2.45) is 0 Å². The first kappa shape index (κ1) is 21.1. The molecule has 2 aromatic rings. The Labute approximate surface area is 174 Å². The van der Waals surface area contributed by atoms with E-state index in [1.165, 1.54) is 19.2 Å². The first-order valence-electron chi connectivity index (χ1n) is 9.49. The van der Waals surface area contributed by atoms with Crippen LogP contribution in [-0.2, 0) is 4.79 Å². The molecule has 1 aliphatic heterocycles. The largest absolute Gasteiger partial charge is 0.494 e. The summed E-state index contributed by atoms with van der Waals surface area (Å²) in [5, 5.41) is 0. The van der Waals surface area contributed by atoms with E-state index in [1.807, 2.05) is 6.92 Å². The number of carbonyl (C=O) groups is 2. The van der Waals surface area contributed by atoms with Crippen LogP contribution in [0.5, 0.6) is 28.7 Å². The Balaban J connectivity index is 1.56. The van der Waals surface area contributed by atoms with Crippen molar-refractivity contribution in [3.05, 3.63) is 42.0 Å². The van der Waals surface area contributed by atoms with E-state index in [0.29, 0.717) is 48.6 Å². The van der Waals surface area contributed by atoms with Crippen LogP contribution >= 0.6 is 0 Å². The number of hydrogen-bond donors (Lipinski definition) is 2. The number of ether oxygens (including phenoxy) is 5. The van der Waals surface area contributed by atoms with Gasteiger partial charge in [-0.3, -0.25) is 20.4 Å². The third kappa shape index (κ3) is 5.05. The van der Waals surface area contributed by atoms with Gasteiger partial charge in [0.25, 0.3) is 11.8 Å². The first-order valence-corrected chi connectivity index (χ1v) is 9.49. The van der Waals surface area contributed by atoms with E-state index >= 15 is 0 Å². The number of amides is 2. The quantitative estimate of drug-likeness (QED) is 0.666. The predicted molar refractivity (Wildman–Crippen MR) is 107 cm³/mol. The van der Waals surface area contributed by atoms with E-state index < -0.39 is 17.9 Å². The van der Waals surface area contributed by atoms with Gasteiger partial charge in [0.05, 0.1) is 13.7 Å². The normalized spacial score (nSPS) is 13.0. The Hall–Kier alpha value is -3.62. The topological polar surface area (TPSA) is 104 Å². The molecule has 9 nitrogen and oxygen atoms in total. The summed E-state index contributed by atoms with van der Waals surface area (Å²) < 4.78 is 27.2. The fraction of sp³-hybridized carbons (Fsp3) is 0.333. The molecular weight excluding hydrogens is 392 g/mol. The predicted octanol–water partition coefficient (Wildman–Crippen LogP) is 2.09. The maximum atomic E-state index is 12.5. The molecule has 0 aromatic heterocycles. The van der Waals surface area contributed by atoms with Crippen molar-refractivity contribution in [3.8, 4) is 28.7 Å². The maximum Gasteiger partial charge on any atom is 0.279 e. The van der Waals surface area contributed by atoms with E-state index in [-0.39, 0.29) is 5.56 Å². The van der Waals surface area contributed by atoms with Gasteiger partial charge in [-0.2, -0.15) is 0 Å². The van der Waals surface area contributed by atoms with Gasteiger partial charge in [0.2, 0.25) is 5.75 Å². The lowest BCUT2D eigenvalue weighted by Crippen LogP contribution is -2.47. The van der Waals surface area contributed by atoms with E-state index in [9.17, 15) is 9.59 Å². The Bertz CT molecular complexity index is 882. The minimum absolute atomic E-state index is 0.247. The fourth-order valence-electron chi connectivity index (χ4n) is 2.74. The number of fused-ring (bicyclic) bond motifs is 1. The van der Waals surface area contributed by atoms with Crippen LogP contribution < -0.4 is 34.5 Å². The second-order valence-electron chi connectivity index (χ2n) is 6.31. The average molecular weight is 416 g/mol. The summed E-state index contributed by atoms with van der Waals surface area (Å²) in [4.78, 5) is 24.7. The summed E-state index contributed by atoms with van der Waals surface area (Å²) in [6.45, 7) is 4.81. The van der Waals surface area contributed by atoms with Crippen molar-refractivity contribution in [2.75, 3.05) is 26.9 Å². The number of hydrazine groups is 1. The van der Waals surface area contributed by atoms with Gasteiger partial charge in [-0.25, -0.2) is 0 Å². The lowest BCUT2D eigenvalue weighted by atomic mass is 10.1. The minimum Gasteiger partial charge on any atom is -0.494 e. The molecule has 2 aromatic carbocycles. The molecule has 0 unspecified atom stereocenters. The van der Waals surface area contributed by atoms with Gasteiger partial charge in [-0.1, -0.05) is 0 Å².